The number of carbonyl (C=O) groups is 1. The summed E-state index contributed by atoms with van der Waals surface area (Å²) in [6, 6.07) is 5.67. The molecular weight excluding hydrogens is 338 g/mol. The first-order chi connectivity index (χ1) is 8.84. The molecule has 7 nitrogen and oxygen atoms in total. The summed E-state index contributed by atoms with van der Waals surface area (Å²) >= 11 is 3.11. The first kappa shape index (κ1) is 15.4. The fraction of sp³-hybridized carbons (Fsp3) is 0.200. The second-order valence-corrected chi connectivity index (χ2v) is 5.78. The number of halogens is 1. The molecule has 1 rings (SSSR count). The minimum atomic E-state index is -3.79. The van der Waals surface area contributed by atoms with Crippen molar-refractivity contribution in [2.45, 2.75) is 4.90 Å². The predicted molar refractivity (Wildman–Crippen MR) is 69.6 cm³/mol. The Bertz CT molecular complexity index is 624. The highest BCUT2D eigenvalue weighted by Gasteiger charge is 2.11. The molecular formula is C10H10BrN3O4S. The van der Waals surface area contributed by atoms with Gasteiger partial charge in [-0.1, -0.05) is 0 Å². The summed E-state index contributed by atoms with van der Waals surface area (Å²) in [7, 11) is -3.79. The maximum atomic E-state index is 11.2. The molecule has 19 heavy (non-hydrogen) atoms. The van der Waals surface area contributed by atoms with Crippen molar-refractivity contribution >= 4 is 31.9 Å². The molecule has 102 valence electrons. The van der Waals surface area contributed by atoms with E-state index in [1.165, 1.54) is 18.2 Å². The Morgan fingerprint density at radius 1 is 1.53 bits per heavy atom. The van der Waals surface area contributed by atoms with Gasteiger partial charge in [0.1, 0.15) is 12.3 Å². The predicted octanol–water partition coefficient (Wildman–Crippen LogP) is 0.115. The van der Waals surface area contributed by atoms with Gasteiger partial charge in [-0.25, -0.2) is 13.6 Å². The van der Waals surface area contributed by atoms with Gasteiger partial charge in [0.05, 0.1) is 15.4 Å². The number of nitrogens with zero attached hydrogens (tertiary/aromatic N) is 1. The van der Waals surface area contributed by atoms with Gasteiger partial charge in [0.25, 0.3) is 5.91 Å². The molecule has 1 aromatic rings. The van der Waals surface area contributed by atoms with Gasteiger partial charge in [-0.2, -0.15) is 5.26 Å². The summed E-state index contributed by atoms with van der Waals surface area (Å²) in [4.78, 5) is 11.1. The van der Waals surface area contributed by atoms with Crippen LogP contribution in [0.25, 0.3) is 0 Å². The molecule has 0 saturated carbocycles. The first-order valence-electron chi connectivity index (χ1n) is 4.93. The quantitative estimate of drug-likeness (QED) is 0.732. The highest BCUT2D eigenvalue weighted by atomic mass is 79.9. The molecule has 0 saturated heterocycles. The maximum Gasteiger partial charge on any atom is 0.258 e. The molecule has 0 heterocycles. The van der Waals surface area contributed by atoms with E-state index in [4.69, 9.17) is 15.1 Å². The van der Waals surface area contributed by atoms with Crippen LogP contribution in [0.2, 0.25) is 0 Å². The van der Waals surface area contributed by atoms with E-state index in [0.29, 0.717) is 10.2 Å². The molecule has 0 atom stereocenters. The molecule has 0 spiro atoms. The zero-order valence-electron chi connectivity index (χ0n) is 9.59. The summed E-state index contributed by atoms with van der Waals surface area (Å²) in [6.07, 6.45) is 0. The van der Waals surface area contributed by atoms with Crippen LogP contribution in [-0.4, -0.2) is 27.5 Å². The average molecular weight is 348 g/mol. The van der Waals surface area contributed by atoms with Crippen LogP contribution in [0.4, 0.5) is 0 Å². The molecule has 0 aliphatic heterocycles. The molecule has 1 amide bonds. The summed E-state index contributed by atoms with van der Waals surface area (Å²) in [5.74, 6) is -0.163. The zero-order valence-corrected chi connectivity index (χ0v) is 12.0. The third kappa shape index (κ3) is 4.86. The van der Waals surface area contributed by atoms with E-state index < -0.39 is 15.9 Å². The molecule has 1 aromatic carbocycles. The van der Waals surface area contributed by atoms with Crippen molar-refractivity contribution in [3.63, 3.8) is 0 Å². The minimum absolute atomic E-state index is 0.0688. The van der Waals surface area contributed by atoms with Crippen LogP contribution in [0.5, 0.6) is 5.75 Å². The van der Waals surface area contributed by atoms with Gasteiger partial charge in [-0.3, -0.25) is 4.79 Å². The molecule has 0 aromatic heterocycles. The monoisotopic (exact) mass is 347 g/mol. The van der Waals surface area contributed by atoms with Gasteiger partial charge in [-0.05, 0) is 34.1 Å². The SMILES string of the molecule is N#CCNC(=O)COc1ccc(S(N)(=O)=O)cc1Br. The fourth-order valence-corrected chi connectivity index (χ4v) is 2.29. The fourth-order valence-electron chi connectivity index (χ4n) is 1.11. The summed E-state index contributed by atoms with van der Waals surface area (Å²) in [5.41, 5.74) is 0. The van der Waals surface area contributed by atoms with Crippen molar-refractivity contribution in [3.8, 4) is 11.8 Å². The smallest absolute Gasteiger partial charge is 0.258 e. The molecule has 0 bridgehead atoms. The van der Waals surface area contributed by atoms with Gasteiger partial charge in [0.15, 0.2) is 6.61 Å². The lowest BCUT2D eigenvalue weighted by molar-refractivity contribution is -0.122. The van der Waals surface area contributed by atoms with Gasteiger partial charge in [0.2, 0.25) is 10.0 Å². The number of carbonyl (C=O) groups excluding carboxylic acids is 1. The topological polar surface area (TPSA) is 122 Å². The van der Waals surface area contributed by atoms with Crippen molar-refractivity contribution < 1.29 is 17.9 Å². The third-order valence-electron chi connectivity index (χ3n) is 1.96. The third-order valence-corrected chi connectivity index (χ3v) is 3.49. The van der Waals surface area contributed by atoms with Gasteiger partial charge in [-0.15, -0.1) is 0 Å². The van der Waals surface area contributed by atoms with E-state index in [1.807, 2.05) is 0 Å². The molecule has 0 aliphatic rings. The summed E-state index contributed by atoms with van der Waals surface area (Å²) in [5, 5.41) is 15.5. The first-order valence-corrected chi connectivity index (χ1v) is 7.27. The standard InChI is InChI=1S/C10H10BrN3O4S/c11-8-5-7(19(13,16)17)1-2-9(8)18-6-10(15)14-4-3-12/h1-2,5H,4,6H2,(H,14,15)(H2,13,16,17). The lowest BCUT2D eigenvalue weighted by Gasteiger charge is -2.08. The number of hydrogen-bond donors (Lipinski definition) is 2. The van der Waals surface area contributed by atoms with Crippen LogP contribution in [0.1, 0.15) is 0 Å². The van der Waals surface area contributed by atoms with E-state index in [9.17, 15) is 13.2 Å². The normalized spacial score (nSPS) is 10.6. The minimum Gasteiger partial charge on any atom is -0.483 e. The average Bonchev–Trinajstić information content (AvgIpc) is 2.33. The zero-order chi connectivity index (χ0) is 14.5. The Hall–Kier alpha value is -1.63. The highest BCUT2D eigenvalue weighted by molar-refractivity contribution is 9.10. The highest BCUT2D eigenvalue weighted by Crippen LogP contribution is 2.27. The molecule has 3 N–H and O–H groups in total. The van der Waals surface area contributed by atoms with E-state index in [0.717, 1.165) is 0 Å². The van der Waals surface area contributed by atoms with Gasteiger partial charge in [0, 0.05) is 0 Å². The van der Waals surface area contributed by atoms with Crippen molar-refractivity contribution in [1.82, 2.24) is 5.32 Å². The van der Waals surface area contributed by atoms with Crippen molar-refractivity contribution in [3.05, 3.63) is 22.7 Å². The number of ether oxygens (including phenoxy) is 1. The Labute approximate surface area is 118 Å². The van der Waals surface area contributed by atoms with Crippen LogP contribution in [-0.2, 0) is 14.8 Å². The van der Waals surface area contributed by atoms with E-state index in [2.05, 4.69) is 21.2 Å². The van der Waals surface area contributed by atoms with Crippen molar-refractivity contribution in [2.24, 2.45) is 5.14 Å². The lowest BCUT2D eigenvalue weighted by atomic mass is 10.3. The Kier molecular flexibility index (Phi) is 5.29. The Morgan fingerprint density at radius 3 is 2.74 bits per heavy atom. The number of hydrogen-bond acceptors (Lipinski definition) is 5. The number of nitrogens with two attached hydrogens (primary N) is 1. The molecule has 9 heteroatoms. The maximum absolute atomic E-state index is 11.2. The van der Waals surface area contributed by atoms with Crippen LogP contribution in [0.3, 0.4) is 0 Å². The second-order valence-electron chi connectivity index (χ2n) is 3.36. The number of rotatable bonds is 5. The van der Waals surface area contributed by atoms with E-state index >= 15 is 0 Å². The largest absolute Gasteiger partial charge is 0.483 e. The Balaban J connectivity index is 2.71. The number of amides is 1. The summed E-state index contributed by atoms with van der Waals surface area (Å²) in [6.45, 7) is -0.386. The summed E-state index contributed by atoms with van der Waals surface area (Å²) < 4.78 is 27.7. The van der Waals surface area contributed by atoms with Crippen LogP contribution >= 0.6 is 15.9 Å². The van der Waals surface area contributed by atoms with Crippen molar-refractivity contribution in [2.75, 3.05) is 13.2 Å². The van der Waals surface area contributed by atoms with Crippen LogP contribution in [0, 0.1) is 11.3 Å². The number of nitrogens with one attached hydrogen (secondary N) is 1. The molecule has 0 radical (unpaired) electrons. The Morgan fingerprint density at radius 2 is 2.21 bits per heavy atom. The van der Waals surface area contributed by atoms with E-state index in [-0.39, 0.29) is 18.0 Å². The number of nitriles is 1. The van der Waals surface area contributed by atoms with Crippen LogP contribution < -0.4 is 15.2 Å². The number of sulfonamides is 1. The molecule has 0 unspecified atom stereocenters. The molecule has 0 fully saturated rings. The lowest BCUT2D eigenvalue weighted by Crippen LogP contribution is -2.29. The number of benzene rings is 1. The number of primary sulfonamides is 1. The second kappa shape index (κ2) is 6.51. The van der Waals surface area contributed by atoms with Crippen molar-refractivity contribution in [1.29, 1.82) is 5.26 Å². The van der Waals surface area contributed by atoms with Gasteiger partial charge < -0.3 is 10.1 Å². The van der Waals surface area contributed by atoms with Crippen LogP contribution in [0.15, 0.2) is 27.6 Å². The van der Waals surface area contributed by atoms with E-state index in [1.54, 1.807) is 6.07 Å². The molecule has 0 aliphatic carbocycles. The van der Waals surface area contributed by atoms with Gasteiger partial charge >= 0.3 is 0 Å².